The highest BCUT2D eigenvalue weighted by Crippen LogP contribution is 2.24. The first-order chi connectivity index (χ1) is 30.5. The van der Waals surface area contributed by atoms with E-state index in [-0.39, 0.29) is 37.8 Å². The third-order valence-corrected chi connectivity index (χ3v) is 11.0. The Kier molecular flexibility index (Phi) is 26.7. The number of benzene rings is 2. The number of nitrogens with one attached hydrogen (secondary N) is 6. The molecule has 2 rings (SSSR count). The fraction of sp³-hybridized carbons (Fsp3) is 0.524. The maximum absolute atomic E-state index is 13.8. The van der Waals surface area contributed by atoms with Gasteiger partial charge < -0.3 is 60.6 Å². The number of ether oxygens (including phenoxy) is 4. The largest absolute Gasteiger partial charge is 0.463 e. The summed E-state index contributed by atoms with van der Waals surface area (Å²) >= 11 is 0. The van der Waals surface area contributed by atoms with E-state index in [1.54, 1.807) is 60.7 Å². The van der Waals surface area contributed by atoms with Crippen molar-refractivity contribution in [2.45, 2.75) is 64.1 Å². The summed E-state index contributed by atoms with van der Waals surface area (Å²) in [6.45, 7) is 3.04. The monoisotopic (exact) mass is 934 g/mol. The molecule has 6 N–H and O–H groups in total. The van der Waals surface area contributed by atoms with Gasteiger partial charge in [-0.05, 0) is 65.2 Å². The second-order valence-corrected chi connectivity index (χ2v) is 17.3. The van der Waals surface area contributed by atoms with Crippen LogP contribution in [-0.4, -0.2) is 161 Å². The number of carbonyl (C=O) groups is 8. The molecular weight excluding hydrogens is 873 g/mol. The molecule has 4 atom stereocenters. The van der Waals surface area contributed by atoms with E-state index in [0.717, 1.165) is 35.4 Å². The molecule has 20 nitrogen and oxygen atoms in total. The van der Waals surface area contributed by atoms with Gasteiger partial charge in [-0.2, -0.15) is 0 Å². The second-order valence-electron chi connectivity index (χ2n) is 14.7. The zero-order chi connectivity index (χ0) is 47.3. The molecule has 0 spiro atoms. The van der Waals surface area contributed by atoms with Gasteiger partial charge in [-0.15, -0.1) is 0 Å². The molecule has 0 radical (unpaired) electrons. The molecular formula is C42H62N8O12S2. The summed E-state index contributed by atoms with van der Waals surface area (Å²) in [5.41, 5.74) is 1.37. The molecule has 64 heavy (non-hydrogen) atoms. The van der Waals surface area contributed by atoms with Crippen molar-refractivity contribution in [1.82, 2.24) is 41.7 Å². The third kappa shape index (κ3) is 24.9. The van der Waals surface area contributed by atoms with E-state index in [0.29, 0.717) is 37.1 Å². The minimum atomic E-state index is -1.33. The molecule has 0 saturated heterocycles. The van der Waals surface area contributed by atoms with Gasteiger partial charge in [0.2, 0.25) is 23.6 Å². The van der Waals surface area contributed by atoms with Gasteiger partial charge in [0.25, 0.3) is 0 Å². The normalized spacial score (nSPS) is 12.7. The first-order valence-corrected chi connectivity index (χ1v) is 22.9. The molecule has 6 amide bonds. The highest BCUT2D eigenvalue weighted by Gasteiger charge is 2.31. The Morgan fingerprint density at radius 2 is 0.859 bits per heavy atom. The first-order valence-electron chi connectivity index (χ1n) is 20.4. The molecule has 354 valence electrons. The van der Waals surface area contributed by atoms with E-state index >= 15 is 0 Å². The standard InChI is InChI=1S/C42H62N8O12S2/c1-29(51)59-25-33(37(53)43-19-13-21-49(3)4)45-39(55)35(47-41(57)61-23-31-15-9-7-10-16-31)27-63-64-28-36(48-42(58)62-24-32-17-11-8-12-18-32)40(56)46-34(26-60-30(2)52)38(54)44-20-14-22-50(5)6/h7-12,15-18,33-36H,13-14,19-28H2,1-6H3,(H,43,53)(H,44,54)(H,45,55)(H,46,56)(H,47,57)(H,48,58)/t33-,34-,35-,36-/m0/s1. The maximum Gasteiger partial charge on any atom is 0.408 e. The lowest BCUT2D eigenvalue weighted by Gasteiger charge is -2.24. The summed E-state index contributed by atoms with van der Waals surface area (Å²) < 4.78 is 20.8. The van der Waals surface area contributed by atoms with Crippen LogP contribution in [0.15, 0.2) is 60.7 Å². The number of rotatable bonds is 29. The SMILES string of the molecule is CC(=O)OC[C@H](NC(=O)[C@H](CSSC[C@H](NC(=O)OCc1ccccc1)C(=O)N[C@@H](COC(C)=O)C(=O)NCCCN(C)C)NC(=O)OCc1ccccc1)C(=O)NCCCN(C)C. The van der Waals surface area contributed by atoms with Crippen molar-refractivity contribution in [3.63, 3.8) is 0 Å². The minimum absolute atomic E-state index is 0.108. The topological polar surface area (TPSA) is 252 Å². The van der Waals surface area contributed by atoms with Crippen LogP contribution >= 0.6 is 21.6 Å². The molecule has 2 aromatic carbocycles. The highest BCUT2D eigenvalue weighted by atomic mass is 33.1. The van der Waals surface area contributed by atoms with Crippen molar-refractivity contribution < 1.29 is 57.3 Å². The molecule has 0 unspecified atom stereocenters. The van der Waals surface area contributed by atoms with Gasteiger partial charge in [-0.1, -0.05) is 82.3 Å². The molecule has 0 heterocycles. The Morgan fingerprint density at radius 3 is 1.19 bits per heavy atom. The average molecular weight is 935 g/mol. The van der Waals surface area contributed by atoms with Crippen LogP contribution in [0.3, 0.4) is 0 Å². The van der Waals surface area contributed by atoms with Gasteiger partial charge in [0.1, 0.15) is 50.6 Å². The van der Waals surface area contributed by atoms with E-state index in [1.165, 1.54) is 0 Å². The predicted molar refractivity (Wildman–Crippen MR) is 242 cm³/mol. The van der Waals surface area contributed by atoms with Crippen LogP contribution in [0.4, 0.5) is 9.59 Å². The summed E-state index contributed by atoms with van der Waals surface area (Å²) in [4.78, 5) is 107. The number of esters is 2. The van der Waals surface area contributed by atoms with E-state index < -0.39 is 85.1 Å². The zero-order valence-corrected chi connectivity index (χ0v) is 38.8. The lowest BCUT2D eigenvalue weighted by molar-refractivity contribution is -0.145. The number of hydrogen-bond donors (Lipinski definition) is 6. The quantitative estimate of drug-likeness (QED) is 0.0290. The molecule has 2 aromatic rings. The maximum atomic E-state index is 13.8. The van der Waals surface area contributed by atoms with Crippen molar-refractivity contribution in [1.29, 1.82) is 0 Å². The minimum Gasteiger partial charge on any atom is -0.463 e. The number of amides is 6. The van der Waals surface area contributed by atoms with Gasteiger partial charge in [-0.3, -0.25) is 28.8 Å². The Labute approximate surface area is 382 Å². The molecule has 0 bridgehead atoms. The summed E-state index contributed by atoms with van der Waals surface area (Å²) in [7, 11) is 9.58. The highest BCUT2D eigenvalue weighted by molar-refractivity contribution is 8.76. The smallest absolute Gasteiger partial charge is 0.408 e. The molecule has 22 heteroatoms. The number of hydrogen-bond acceptors (Lipinski definition) is 16. The van der Waals surface area contributed by atoms with Crippen molar-refractivity contribution in [2.24, 2.45) is 0 Å². The van der Waals surface area contributed by atoms with E-state index in [2.05, 4.69) is 31.9 Å². The van der Waals surface area contributed by atoms with Gasteiger partial charge in [0.15, 0.2) is 0 Å². The summed E-state index contributed by atoms with van der Waals surface area (Å²) in [5, 5.41) is 15.6. The third-order valence-electron chi connectivity index (χ3n) is 8.53. The van der Waals surface area contributed by atoms with E-state index in [9.17, 15) is 38.4 Å². The first kappa shape index (κ1) is 54.6. The molecule has 0 saturated carbocycles. The molecule has 0 aromatic heterocycles. The fourth-order valence-electron chi connectivity index (χ4n) is 5.18. The Morgan fingerprint density at radius 1 is 0.500 bits per heavy atom. The molecule has 0 aliphatic rings. The van der Waals surface area contributed by atoms with Crippen LogP contribution < -0.4 is 31.9 Å². The Balaban J connectivity index is 2.27. The number of nitrogens with zero attached hydrogens (tertiary/aromatic N) is 2. The number of alkyl carbamates (subject to hydrolysis) is 2. The molecule has 0 aliphatic heterocycles. The van der Waals surface area contributed by atoms with Crippen LogP contribution in [-0.2, 0) is 60.9 Å². The predicted octanol–water partition coefficient (Wildman–Crippen LogP) is 1.19. The molecule has 0 aliphatic carbocycles. The average Bonchev–Trinajstić information content (AvgIpc) is 3.25. The number of carbonyl (C=O) groups excluding carboxylic acids is 8. The van der Waals surface area contributed by atoms with Crippen molar-refractivity contribution >= 4 is 69.3 Å². The summed E-state index contributed by atoms with van der Waals surface area (Å²) in [5.74, 6) is -4.53. The van der Waals surface area contributed by atoms with Crippen LogP contribution in [0.25, 0.3) is 0 Å². The lowest BCUT2D eigenvalue weighted by Crippen LogP contribution is -2.56. The second kappa shape index (κ2) is 31.3. The van der Waals surface area contributed by atoms with Gasteiger partial charge in [0.05, 0.1) is 0 Å². The van der Waals surface area contributed by atoms with Crippen LogP contribution in [0.5, 0.6) is 0 Å². The van der Waals surface area contributed by atoms with Gasteiger partial charge >= 0.3 is 24.1 Å². The Hall–Kier alpha value is -5.58. The fourth-order valence-corrected chi connectivity index (χ4v) is 7.51. The van der Waals surface area contributed by atoms with E-state index in [1.807, 2.05) is 38.0 Å². The van der Waals surface area contributed by atoms with Crippen molar-refractivity contribution in [3.8, 4) is 0 Å². The van der Waals surface area contributed by atoms with Crippen LogP contribution in [0, 0.1) is 0 Å². The van der Waals surface area contributed by atoms with Gasteiger partial charge in [0, 0.05) is 38.4 Å². The zero-order valence-electron chi connectivity index (χ0n) is 37.2. The van der Waals surface area contributed by atoms with Crippen molar-refractivity contribution in [2.75, 3.05) is 79.1 Å². The lowest BCUT2D eigenvalue weighted by atomic mass is 10.2. The summed E-state index contributed by atoms with van der Waals surface area (Å²) in [6.07, 6.45) is -0.682. The summed E-state index contributed by atoms with van der Waals surface area (Å²) in [6, 6.07) is 12.4. The van der Waals surface area contributed by atoms with Crippen molar-refractivity contribution in [3.05, 3.63) is 71.8 Å². The van der Waals surface area contributed by atoms with Gasteiger partial charge in [-0.25, -0.2) is 9.59 Å². The van der Waals surface area contributed by atoms with E-state index in [4.69, 9.17) is 18.9 Å². The Bertz CT molecular complexity index is 1650. The molecule has 0 fully saturated rings. The van der Waals surface area contributed by atoms with Crippen LogP contribution in [0.1, 0.15) is 37.8 Å². The van der Waals surface area contributed by atoms with Crippen LogP contribution in [0.2, 0.25) is 0 Å².